The maximum Gasteiger partial charge on any atom is 0.318 e. The lowest BCUT2D eigenvalue weighted by atomic mass is 10.3. The number of likely N-dealkylation sites (N-methyl/N-ethyl adjacent to an activating group) is 1. The van der Waals surface area contributed by atoms with Crippen LogP contribution in [0.4, 0.5) is 4.79 Å². The number of nitrogens with zero attached hydrogens (tertiary/aromatic N) is 5. The van der Waals surface area contributed by atoms with Gasteiger partial charge in [0.25, 0.3) is 0 Å². The average molecular weight is 324 g/mol. The zero-order valence-corrected chi connectivity index (χ0v) is 14.4. The maximum atomic E-state index is 12.4. The van der Waals surface area contributed by atoms with Crippen LogP contribution in [0.3, 0.4) is 0 Å². The number of carbonyl (C=O) groups excluding carboxylic acids is 1. The Morgan fingerprint density at radius 3 is 2.78 bits per heavy atom. The molecule has 2 heterocycles. The second-order valence-corrected chi connectivity index (χ2v) is 5.82. The second kappa shape index (κ2) is 8.83. The zero-order chi connectivity index (χ0) is 16.7. The molecular formula is C15H28N6O2. The smallest absolute Gasteiger partial charge is 0.318 e. The van der Waals surface area contributed by atoms with Crippen molar-refractivity contribution < 1.29 is 9.53 Å². The van der Waals surface area contributed by atoms with E-state index in [0.717, 1.165) is 51.5 Å². The number of ether oxygens (including phenoxy) is 1. The number of hydrogen-bond donors (Lipinski definition) is 1. The van der Waals surface area contributed by atoms with Crippen molar-refractivity contribution in [1.82, 2.24) is 29.9 Å². The molecule has 0 aliphatic carbocycles. The highest BCUT2D eigenvalue weighted by molar-refractivity contribution is 5.74. The molecule has 1 aliphatic heterocycles. The van der Waals surface area contributed by atoms with Gasteiger partial charge in [0.05, 0.1) is 6.04 Å². The third kappa shape index (κ3) is 4.90. The predicted octanol–water partition coefficient (Wildman–Crippen LogP) is 0.723. The zero-order valence-electron chi connectivity index (χ0n) is 14.4. The van der Waals surface area contributed by atoms with Crippen LogP contribution in [0.2, 0.25) is 0 Å². The molecule has 1 aromatic heterocycles. The molecule has 1 aliphatic rings. The van der Waals surface area contributed by atoms with Gasteiger partial charge in [0, 0.05) is 46.4 Å². The summed E-state index contributed by atoms with van der Waals surface area (Å²) < 4.78 is 7.04. The van der Waals surface area contributed by atoms with Crippen LogP contribution in [-0.4, -0.2) is 77.0 Å². The molecule has 0 bridgehead atoms. The van der Waals surface area contributed by atoms with E-state index < -0.39 is 0 Å². The van der Waals surface area contributed by atoms with E-state index >= 15 is 0 Å². The summed E-state index contributed by atoms with van der Waals surface area (Å²) >= 11 is 0. The minimum absolute atomic E-state index is 0.0281. The van der Waals surface area contributed by atoms with E-state index in [-0.39, 0.29) is 12.1 Å². The second-order valence-electron chi connectivity index (χ2n) is 5.82. The van der Waals surface area contributed by atoms with E-state index in [0.29, 0.717) is 6.61 Å². The first kappa shape index (κ1) is 17.7. The van der Waals surface area contributed by atoms with Crippen LogP contribution < -0.4 is 5.32 Å². The molecule has 1 aromatic rings. The summed E-state index contributed by atoms with van der Waals surface area (Å²) in [4.78, 5) is 16.6. The molecule has 0 spiro atoms. The Morgan fingerprint density at radius 1 is 1.39 bits per heavy atom. The fraction of sp³-hybridized carbons (Fsp3) is 0.800. The number of piperazine rings is 1. The summed E-state index contributed by atoms with van der Waals surface area (Å²) in [7, 11) is 1.69. The predicted molar refractivity (Wildman–Crippen MR) is 87.1 cm³/mol. The van der Waals surface area contributed by atoms with Crippen molar-refractivity contribution in [2.24, 2.45) is 0 Å². The van der Waals surface area contributed by atoms with Gasteiger partial charge in [-0.05, 0) is 19.9 Å². The summed E-state index contributed by atoms with van der Waals surface area (Å²) in [6.07, 6.45) is 2.59. The quantitative estimate of drug-likeness (QED) is 0.748. The first-order chi connectivity index (χ1) is 11.2. The number of rotatable bonds is 7. The molecule has 1 fully saturated rings. The summed E-state index contributed by atoms with van der Waals surface area (Å²) in [5.41, 5.74) is 0. The number of amides is 2. The Hall–Kier alpha value is -1.67. The Balaban J connectivity index is 1.85. The van der Waals surface area contributed by atoms with Crippen LogP contribution in [0.5, 0.6) is 0 Å². The van der Waals surface area contributed by atoms with Gasteiger partial charge >= 0.3 is 6.03 Å². The van der Waals surface area contributed by atoms with Crippen LogP contribution in [-0.2, 0) is 11.3 Å². The number of nitrogens with one attached hydrogen (secondary N) is 1. The van der Waals surface area contributed by atoms with Crippen molar-refractivity contribution in [1.29, 1.82) is 0 Å². The molecular weight excluding hydrogens is 296 g/mol. The minimum atomic E-state index is -0.170. The van der Waals surface area contributed by atoms with Crippen molar-refractivity contribution in [2.45, 2.75) is 32.9 Å². The molecule has 2 rings (SSSR count). The lowest BCUT2D eigenvalue weighted by Crippen LogP contribution is -2.52. The Bertz CT molecular complexity index is 484. The van der Waals surface area contributed by atoms with Crippen LogP contribution in [0, 0.1) is 0 Å². The normalized spacial score (nSPS) is 17.3. The standard InChI is InChI=1S/C15H28N6O2/c1-4-19-7-9-20(10-8-19)15(22)17-13(2)14-18-16-12-21(14)6-5-11-23-3/h12-13H,4-11H2,1-3H3,(H,17,22)/t13-/m0/s1. The first-order valence-electron chi connectivity index (χ1n) is 8.30. The van der Waals surface area contributed by atoms with Crippen molar-refractivity contribution in [3.63, 3.8) is 0 Å². The number of urea groups is 1. The van der Waals surface area contributed by atoms with Gasteiger partial charge < -0.3 is 24.4 Å². The highest BCUT2D eigenvalue weighted by atomic mass is 16.5. The molecule has 1 N–H and O–H groups in total. The van der Waals surface area contributed by atoms with Crippen LogP contribution in [0.25, 0.3) is 0 Å². The molecule has 1 atom stereocenters. The fourth-order valence-electron chi connectivity index (χ4n) is 2.76. The molecule has 1 saturated heterocycles. The molecule has 0 unspecified atom stereocenters. The minimum Gasteiger partial charge on any atom is -0.385 e. The van der Waals surface area contributed by atoms with E-state index in [1.807, 2.05) is 16.4 Å². The summed E-state index contributed by atoms with van der Waals surface area (Å²) in [5, 5.41) is 11.1. The highest BCUT2D eigenvalue weighted by Gasteiger charge is 2.23. The van der Waals surface area contributed by atoms with E-state index in [2.05, 4.69) is 27.3 Å². The third-order valence-electron chi connectivity index (χ3n) is 4.23. The van der Waals surface area contributed by atoms with E-state index in [1.54, 1.807) is 13.4 Å². The van der Waals surface area contributed by atoms with Gasteiger partial charge in [0.1, 0.15) is 6.33 Å². The fourth-order valence-corrected chi connectivity index (χ4v) is 2.76. The number of aryl methyl sites for hydroxylation is 1. The average Bonchev–Trinajstić information content (AvgIpc) is 3.03. The van der Waals surface area contributed by atoms with Crippen LogP contribution >= 0.6 is 0 Å². The molecule has 8 nitrogen and oxygen atoms in total. The van der Waals surface area contributed by atoms with Crippen LogP contribution in [0.1, 0.15) is 32.1 Å². The molecule has 23 heavy (non-hydrogen) atoms. The number of methoxy groups -OCH3 is 1. The SMILES string of the molecule is CCN1CCN(C(=O)N[C@@H](C)c2nncn2CCCOC)CC1. The Kier molecular flexibility index (Phi) is 6.79. The Morgan fingerprint density at radius 2 is 2.13 bits per heavy atom. The van der Waals surface area contributed by atoms with Crippen molar-refractivity contribution in [2.75, 3.05) is 46.4 Å². The van der Waals surface area contributed by atoms with Crippen molar-refractivity contribution in [3.05, 3.63) is 12.2 Å². The van der Waals surface area contributed by atoms with E-state index in [9.17, 15) is 4.79 Å². The van der Waals surface area contributed by atoms with Gasteiger partial charge in [0.15, 0.2) is 5.82 Å². The number of aromatic nitrogens is 3. The molecule has 130 valence electrons. The third-order valence-corrected chi connectivity index (χ3v) is 4.23. The summed E-state index contributed by atoms with van der Waals surface area (Å²) in [6.45, 7) is 10.0. The summed E-state index contributed by atoms with van der Waals surface area (Å²) in [5.74, 6) is 0.779. The lowest BCUT2D eigenvalue weighted by molar-refractivity contribution is 0.140. The van der Waals surface area contributed by atoms with Gasteiger partial charge in [-0.3, -0.25) is 0 Å². The molecule has 8 heteroatoms. The Labute approximate surface area is 137 Å². The van der Waals surface area contributed by atoms with Gasteiger partial charge in [-0.15, -0.1) is 10.2 Å². The van der Waals surface area contributed by atoms with E-state index in [1.165, 1.54) is 0 Å². The monoisotopic (exact) mass is 324 g/mol. The molecule has 0 radical (unpaired) electrons. The molecule has 0 aromatic carbocycles. The molecule has 0 saturated carbocycles. The van der Waals surface area contributed by atoms with E-state index in [4.69, 9.17) is 4.74 Å². The topological polar surface area (TPSA) is 75.5 Å². The molecule has 2 amide bonds. The van der Waals surface area contributed by atoms with Gasteiger partial charge in [-0.1, -0.05) is 6.92 Å². The first-order valence-corrected chi connectivity index (χ1v) is 8.30. The van der Waals surface area contributed by atoms with Crippen LogP contribution in [0.15, 0.2) is 6.33 Å². The summed E-state index contributed by atoms with van der Waals surface area (Å²) in [6, 6.07) is -0.198. The number of carbonyl (C=O) groups is 1. The largest absolute Gasteiger partial charge is 0.385 e. The van der Waals surface area contributed by atoms with Crippen molar-refractivity contribution in [3.8, 4) is 0 Å². The van der Waals surface area contributed by atoms with Gasteiger partial charge in [-0.2, -0.15) is 0 Å². The lowest BCUT2D eigenvalue weighted by Gasteiger charge is -2.34. The highest BCUT2D eigenvalue weighted by Crippen LogP contribution is 2.11. The van der Waals surface area contributed by atoms with Gasteiger partial charge in [0.2, 0.25) is 0 Å². The maximum absolute atomic E-state index is 12.4. The van der Waals surface area contributed by atoms with Crippen molar-refractivity contribution >= 4 is 6.03 Å². The number of hydrogen-bond acceptors (Lipinski definition) is 5. The van der Waals surface area contributed by atoms with Gasteiger partial charge in [-0.25, -0.2) is 4.79 Å².